The van der Waals surface area contributed by atoms with Gasteiger partial charge in [0.1, 0.15) is 0 Å². The molecule has 0 atom stereocenters. The normalized spacial score (nSPS) is 10.0. The maximum atomic E-state index is 12.3. The van der Waals surface area contributed by atoms with Gasteiger partial charge < -0.3 is 0 Å². The summed E-state index contributed by atoms with van der Waals surface area (Å²) in [7, 11) is 0. The predicted octanol–water partition coefficient (Wildman–Crippen LogP) is 2.48. The second-order valence-corrected chi connectivity index (χ2v) is 4.11. The number of ketones is 1. The molecule has 0 heterocycles. The molecule has 0 unspecified atom stereocenters. The molecule has 2 aromatic carbocycles. The van der Waals surface area contributed by atoms with Crippen LogP contribution in [0.4, 0.5) is 5.69 Å². The van der Waals surface area contributed by atoms with Gasteiger partial charge in [0.05, 0.1) is 4.92 Å². The number of hydrogen-bond donors (Lipinski definition) is 0. The number of rotatable bonds is 5. The SMILES string of the molecule is O=[C]Cc1cc([N+](=O)[O-])ccc1C(=O)c1ccccc1. The summed E-state index contributed by atoms with van der Waals surface area (Å²) in [6.45, 7) is 0. The van der Waals surface area contributed by atoms with Gasteiger partial charge in [-0.1, -0.05) is 30.3 Å². The third kappa shape index (κ3) is 2.77. The highest BCUT2D eigenvalue weighted by Crippen LogP contribution is 2.21. The number of hydrogen-bond acceptors (Lipinski definition) is 4. The Labute approximate surface area is 115 Å². The van der Waals surface area contributed by atoms with Gasteiger partial charge in [0.15, 0.2) is 5.78 Å². The lowest BCUT2D eigenvalue weighted by atomic mass is 9.96. The van der Waals surface area contributed by atoms with E-state index in [1.54, 1.807) is 36.6 Å². The van der Waals surface area contributed by atoms with Crippen LogP contribution in [0, 0.1) is 10.1 Å². The molecule has 0 fully saturated rings. The highest BCUT2D eigenvalue weighted by molar-refractivity contribution is 6.10. The Morgan fingerprint density at radius 1 is 1.15 bits per heavy atom. The smallest absolute Gasteiger partial charge is 0.269 e. The van der Waals surface area contributed by atoms with Crippen molar-refractivity contribution in [2.24, 2.45) is 0 Å². The molecule has 0 amide bonds. The second kappa shape index (κ2) is 5.88. The minimum atomic E-state index is -0.564. The van der Waals surface area contributed by atoms with Crippen LogP contribution in [-0.2, 0) is 11.2 Å². The number of non-ortho nitro benzene ring substituents is 1. The van der Waals surface area contributed by atoms with Crippen LogP contribution in [0.2, 0.25) is 0 Å². The molecular formula is C15H10NO4. The van der Waals surface area contributed by atoms with Crippen molar-refractivity contribution in [3.8, 4) is 0 Å². The average Bonchev–Trinajstić information content (AvgIpc) is 2.47. The summed E-state index contributed by atoms with van der Waals surface area (Å²) in [5.74, 6) is -0.272. The Hall–Kier alpha value is -2.82. The predicted molar refractivity (Wildman–Crippen MR) is 72.4 cm³/mol. The second-order valence-electron chi connectivity index (χ2n) is 4.11. The van der Waals surface area contributed by atoms with Crippen LogP contribution in [0.15, 0.2) is 48.5 Å². The molecule has 0 aliphatic rings. The van der Waals surface area contributed by atoms with E-state index in [2.05, 4.69) is 0 Å². The van der Waals surface area contributed by atoms with Crippen LogP contribution < -0.4 is 0 Å². The van der Waals surface area contributed by atoms with Crippen molar-refractivity contribution >= 4 is 17.8 Å². The highest BCUT2D eigenvalue weighted by atomic mass is 16.6. The lowest BCUT2D eigenvalue weighted by molar-refractivity contribution is -0.384. The fraction of sp³-hybridized carbons (Fsp3) is 0.0667. The van der Waals surface area contributed by atoms with Crippen LogP contribution in [0.3, 0.4) is 0 Å². The van der Waals surface area contributed by atoms with E-state index in [1.165, 1.54) is 18.2 Å². The standard InChI is InChI=1S/C15H10NO4/c17-9-8-12-10-13(16(19)20)6-7-14(12)15(18)11-4-2-1-3-5-11/h1-7,10H,8H2. The van der Waals surface area contributed by atoms with Crippen molar-refractivity contribution in [3.63, 3.8) is 0 Å². The first-order valence-electron chi connectivity index (χ1n) is 5.85. The van der Waals surface area contributed by atoms with Gasteiger partial charge >= 0.3 is 0 Å². The van der Waals surface area contributed by atoms with Gasteiger partial charge in [0.2, 0.25) is 6.29 Å². The number of nitrogens with zero attached hydrogens (tertiary/aromatic N) is 1. The van der Waals surface area contributed by atoms with Crippen molar-refractivity contribution in [2.45, 2.75) is 6.42 Å². The summed E-state index contributed by atoms with van der Waals surface area (Å²) in [6.07, 6.45) is 1.51. The molecule has 99 valence electrons. The molecule has 5 heteroatoms. The molecule has 0 spiro atoms. The number of benzene rings is 2. The number of nitro groups is 1. The Kier molecular flexibility index (Phi) is 4.00. The van der Waals surface area contributed by atoms with E-state index in [0.717, 1.165) is 0 Å². The average molecular weight is 268 g/mol. The van der Waals surface area contributed by atoms with Crippen LogP contribution in [0.5, 0.6) is 0 Å². The fourth-order valence-corrected chi connectivity index (χ4v) is 1.88. The third-order valence-electron chi connectivity index (χ3n) is 2.84. The molecule has 0 aliphatic carbocycles. The van der Waals surface area contributed by atoms with Gasteiger partial charge in [-0.25, -0.2) is 0 Å². The summed E-state index contributed by atoms with van der Waals surface area (Å²) in [5.41, 5.74) is 0.904. The summed E-state index contributed by atoms with van der Waals surface area (Å²) >= 11 is 0. The van der Waals surface area contributed by atoms with Crippen molar-refractivity contribution in [3.05, 3.63) is 75.3 Å². The van der Waals surface area contributed by atoms with Crippen molar-refractivity contribution in [1.82, 2.24) is 0 Å². The molecule has 1 radical (unpaired) electrons. The Morgan fingerprint density at radius 2 is 1.85 bits per heavy atom. The lowest BCUT2D eigenvalue weighted by Crippen LogP contribution is -2.06. The summed E-state index contributed by atoms with van der Waals surface area (Å²) in [4.78, 5) is 33.1. The molecular weight excluding hydrogens is 258 g/mol. The molecule has 2 aromatic rings. The van der Waals surface area contributed by atoms with Crippen LogP contribution >= 0.6 is 0 Å². The number of carbonyl (C=O) groups excluding carboxylic acids is 2. The molecule has 0 aromatic heterocycles. The van der Waals surface area contributed by atoms with Gasteiger partial charge in [-0.2, -0.15) is 0 Å². The largest absolute Gasteiger partial charge is 0.291 e. The first-order valence-corrected chi connectivity index (χ1v) is 5.85. The van der Waals surface area contributed by atoms with Gasteiger partial charge in [0.25, 0.3) is 5.69 Å². The molecule has 2 rings (SSSR count). The van der Waals surface area contributed by atoms with Crippen LogP contribution in [0.1, 0.15) is 21.5 Å². The van der Waals surface area contributed by atoms with Crippen LogP contribution in [-0.4, -0.2) is 17.0 Å². The molecule has 0 N–H and O–H groups in total. The third-order valence-corrected chi connectivity index (χ3v) is 2.84. The van der Waals surface area contributed by atoms with E-state index in [0.29, 0.717) is 11.1 Å². The monoisotopic (exact) mass is 268 g/mol. The Bertz CT molecular complexity index is 665. The summed E-state index contributed by atoms with van der Waals surface area (Å²) in [6, 6.07) is 12.4. The quantitative estimate of drug-likeness (QED) is 0.474. The fourth-order valence-electron chi connectivity index (χ4n) is 1.88. The van der Waals surface area contributed by atoms with Crippen molar-refractivity contribution < 1.29 is 14.5 Å². The van der Waals surface area contributed by atoms with E-state index in [-0.39, 0.29) is 23.5 Å². The minimum absolute atomic E-state index is 0.153. The first-order chi connectivity index (χ1) is 9.63. The minimum Gasteiger partial charge on any atom is -0.291 e. The molecule has 0 saturated carbocycles. The molecule has 0 aliphatic heterocycles. The molecule has 5 nitrogen and oxygen atoms in total. The molecule has 0 bridgehead atoms. The van der Waals surface area contributed by atoms with Gasteiger partial charge in [0, 0.05) is 29.7 Å². The summed E-state index contributed by atoms with van der Waals surface area (Å²) < 4.78 is 0. The molecule has 0 saturated heterocycles. The maximum Gasteiger partial charge on any atom is 0.269 e. The Balaban J connectivity index is 2.48. The number of carbonyl (C=O) groups is 1. The van der Waals surface area contributed by atoms with Crippen molar-refractivity contribution in [1.29, 1.82) is 0 Å². The van der Waals surface area contributed by atoms with E-state index >= 15 is 0 Å². The zero-order chi connectivity index (χ0) is 14.5. The summed E-state index contributed by atoms with van der Waals surface area (Å²) in [5, 5.41) is 10.7. The van der Waals surface area contributed by atoms with Gasteiger partial charge in [-0.05, 0) is 11.6 Å². The zero-order valence-electron chi connectivity index (χ0n) is 10.4. The van der Waals surface area contributed by atoms with E-state index in [9.17, 15) is 19.7 Å². The maximum absolute atomic E-state index is 12.3. The van der Waals surface area contributed by atoms with Crippen LogP contribution in [0.25, 0.3) is 0 Å². The molecule has 20 heavy (non-hydrogen) atoms. The Morgan fingerprint density at radius 3 is 2.45 bits per heavy atom. The zero-order valence-corrected chi connectivity index (χ0v) is 10.4. The first kappa shape index (κ1) is 13.6. The van der Waals surface area contributed by atoms with Gasteiger partial charge in [-0.3, -0.25) is 19.7 Å². The van der Waals surface area contributed by atoms with E-state index in [4.69, 9.17) is 0 Å². The topological polar surface area (TPSA) is 77.3 Å². The van der Waals surface area contributed by atoms with E-state index in [1.807, 2.05) is 0 Å². The van der Waals surface area contributed by atoms with Crippen molar-refractivity contribution in [2.75, 3.05) is 0 Å². The number of nitro benzene ring substituents is 1. The van der Waals surface area contributed by atoms with Gasteiger partial charge in [-0.15, -0.1) is 0 Å². The highest BCUT2D eigenvalue weighted by Gasteiger charge is 2.17. The lowest BCUT2D eigenvalue weighted by Gasteiger charge is -2.06. The van der Waals surface area contributed by atoms with E-state index < -0.39 is 4.92 Å².